The summed E-state index contributed by atoms with van der Waals surface area (Å²) in [5.41, 5.74) is 2.69. The number of phenolic OH excluding ortho intramolecular Hbond substituents is 1. The zero-order chi connectivity index (χ0) is 22.0. The molecule has 0 unspecified atom stereocenters. The van der Waals surface area contributed by atoms with Crippen molar-refractivity contribution in [3.05, 3.63) is 59.7 Å². The Labute approximate surface area is 187 Å². The van der Waals surface area contributed by atoms with Crippen molar-refractivity contribution in [2.45, 2.75) is 43.9 Å². The van der Waals surface area contributed by atoms with Crippen LogP contribution in [0.3, 0.4) is 0 Å². The van der Waals surface area contributed by atoms with Crippen molar-refractivity contribution in [1.29, 1.82) is 0 Å². The zero-order valence-electron chi connectivity index (χ0n) is 18.3. The van der Waals surface area contributed by atoms with Gasteiger partial charge >= 0.3 is 5.97 Å². The molecule has 4 aliphatic carbocycles. The maximum absolute atomic E-state index is 12.2. The highest BCUT2D eigenvalue weighted by molar-refractivity contribution is 6.08. The summed E-state index contributed by atoms with van der Waals surface area (Å²) in [4.78, 5) is 12.2. The van der Waals surface area contributed by atoms with Gasteiger partial charge < -0.3 is 14.9 Å². The fourth-order valence-electron chi connectivity index (χ4n) is 7.51. The van der Waals surface area contributed by atoms with Crippen molar-refractivity contribution in [2.24, 2.45) is 17.8 Å². The van der Waals surface area contributed by atoms with Gasteiger partial charge in [-0.3, -0.25) is 0 Å². The predicted octanol–water partition coefficient (Wildman–Crippen LogP) is 6.39. The maximum atomic E-state index is 12.2. The third-order valence-electron chi connectivity index (χ3n) is 8.35. The van der Waals surface area contributed by atoms with E-state index in [1.165, 1.54) is 19.3 Å². The lowest BCUT2D eigenvalue weighted by Crippen LogP contribution is -2.48. The molecule has 4 saturated carbocycles. The molecule has 0 radical (unpaired) electrons. The van der Waals surface area contributed by atoms with E-state index in [0.717, 1.165) is 58.9 Å². The molecule has 0 aliphatic heterocycles. The Morgan fingerprint density at radius 1 is 0.969 bits per heavy atom. The number of aromatic carboxylic acids is 1. The summed E-state index contributed by atoms with van der Waals surface area (Å²) in [5, 5.41) is 23.2. The summed E-state index contributed by atoms with van der Waals surface area (Å²) in [6, 6.07) is 15.3. The van der Waals surface area contributed by atoms with Crippen LogP contribution >= 0.6 is 0 Å². The van der Waals surface area contributed by atoms with Crippen molar-refractivity contribution in [1.82, 2.24) is 0 Å². The quantitative estimate of drug-likeness (QED) is 0.505. The van der Waals surface area contributed by atoms with E-state index in [-0.39, 0.29) is 16.7 Å². The van der Waals surface area contributed by atoms with E-state index in [1.807, 2.05) is 30.3 Å². The van der Waals surface area contributed by atoms with Gasteiger partial charge in [0.25, 0.3) is 0 Å². The normalized spacial score (nSPS) is 28.2. The molecule has 32 heavy (non-hydrogen) atoms. The van der Waals surface area contributed by atoms with Crippen molar-refractivity contribution in [3.8, 4) is 22.6 Å². The van der Waals surface area contributed by atoms with Gasteiger partial charge in [-0.1, -0.05) is 30.3 Å². The first kappa shape index (κ1) is 19.7. The zero-order valence-corrected chi connectivity index (χ0v) is 18.3. The molecule has 164 valence electrons. The fraction of sp³-hybridized carbons (Fsp3) is 0.393. The van der Waals surface area contributed by atoms with Crippen LogP contribution in [0.2, 0.25) is 0 Å². The van der Waals surface area contributed by atoms with Crippen LogP contribution in [0.25, 0.3) is 21.9 Å². The molecule has 0 amide bonds. The summed E-state index contributed by atoms with van der Waals surface area (Å²) in [6.07, 6.45) is 7.30. The lowest BCUT2D eigenvalue weighted by atomic mass is 9.48. The van der Waals surface area contributed by atoms with Gasteiger partial charge in [-0.25, -0.2) is 4.79 Å². The molecule has 3 aromatic rings. The lowest BCUT2D eigenvalue weighted by molar-refractivity contribution is -0.00624. The third kappa shape index (κ3) is 2.85. The van der Waals surface area contributed by atoms with E-state index in [0.29, 0.717) is 11.3 Å². The van der Waals surface area contributed by atoms with Crippen LogP contribution < -0.4 is 4.74 Å². The molecule has 4 aliphatic rings. The number of phenols is 1. The maximum Gasteiger partial charge on any atom is 0.336 e. The number of aromatic hydroxyl groups is 1. The highest BCUT2D eigenvalue weighted by atomic mass is 16.5. The van der Waals surface area contributed by atoms with Gasteiger partial charge in [0.15, 0.2) is 11.5 Å². The number of hydrogen-bond acceptors (Lipinski definition) is 3. The number of carbonyl (C=O) groups is 1. The second-order valence-electron chi connectivity index (χ2n) is 10.3. The number of methoxy groups -OCH3 is 1. The summed E-state index contributed by atoms with van der Waals surface area (Å²) in [5.74, 6) is 1.93. The Hall–Kier alpha value is -3.01. The molecule has 7 rings (SSSR count). The minimum absolute atomic E-state index is 0.0317. The van der Waals surface area contributed by atoms with Gasteiger partial charge in [0.1, 0.15) is 0 Å². The first-order valence-corrected chi connectivity index (χ1v) is 11.6. The van der Waals surface area contributed by atoms with Gasteiger partial charge in [0.2, 0.25) is 0 Å². The van der Waals surface area contributed by atoms with Crippen LogP contribution in [0, 0.1) is 17.8 Å². The Balaban J connectivity index is 1.61. The lowest BCUT2D eigenvalue weighted by Gasteiger charge is -2.57. The second kappa shape index (κ2) is 6.99. The van der Waals surface area contributed by atoms with Gasteiger partial charge in [-0.05, 0) is 96.2 Å². The molecule has 0 saturated heterocycles. The van der Waals surface area contributed by atoms with Crippen LogP contribution in [-0.2, 0) is 5.41 Å². The minimum atomic E-state index is -0.950. The first-order valence-electron chi connectivity index (χ1n) is 11.6. The van der Waals surface area contributed by atoms with Crippen molar-refractivity contribution in [2.75, 3.05) is 7.11 Å². The standard InChI is InChI=1S/C28H28O4/c1-32-24-12-20(25-21-5-3-2-4-19(21)6-7-22(25)27(30)31)11-23(26(24)29)28-13-16-8-17(14-28)10-18(9-16)15-28/h2-7,11-12,16-18,29H,8-10,13-15H2,1H3,(H,30,31). The summed E-state index contributed by atoms with van der Waals surface area (Å²) >= 11 is 0. The summed E-state index contributed by atoms with van der Waals surface area (Å²) < 4.78 is 5.63. The molecule has 4 fully saturated rings. The number of benzene rings is 3. The molecule has 0 heterocycles. The highest BCUT2D eigenvalue weighted by Gasteiger charge is 2.52. The van der Waals surface area contributed by atoms with E-state index in [1.54, 1.807) is 19.2 Å². The Bertz CT molecular complexity index is 1210. The van der Waals surface area contributed by atoms with E-state index < -0.39 is 5.97 Å². The number of ether oxygens (including phenoxy) is 1. The number of carboxylic acids is 1. The molecule has 3 aromatic carbocycles. The largest absolute Gasteiger partial charge is 0.504 e. The van der Waals surface area contributed by atoms with Gasteiger partial charge in [0, 0.05) is 11.1 Å². The van der Waals surface area contributed by atoms with E-state index in [4.69, 9.17) is 4.74 Å². The van der Waals surface area contributed by atoms with Crippen LogP contribution in [0.1, 0.15) is 54.4 Å². The van der Waals surface area contributed by atoms with E-state index in [9.17, 15) is 15.0 Å². The molecule has 0 aromatic heterocycles. The SMILES string of the molecule is COc1cc(-c2c(C(=O)O)ccc3ccccc23)cc(C23CC4CC(CC(C4)C2)C3)c1O. The van der Waals surface area contributed by atoms with Crippen molar-refractivity contribution in [3.63, 3.8) is 0 Å². The second-order valence-corrected chi connectivity index (χ2v) is 10.3. The first-order chi connectivity index (χ1) is 15.5. The topological polar surface area (TPSA) is 66.8 Å². The number of carboxylic acid groups (broad SMARTS) is 1. The van der Waals surface area contributed by atoms with E-state index >= 15 is 0 Å². The van der Waals surface area contributed by atoms with E-state index in [2.05, 4.69) is 6.07 Å². The van der Waals surface area contributed by atoms with Crippen LogP contribution in [0.5, 0.6) is 11.5 Å². The molecule has 0 spiro atoms. The molecule has 4 nitrogen and oxygen atoms in total. The molecule has 0 atom stereocenters. The summed E-state index contributed by atoms with van der Waals surface area (Å²) in [6.45, 7) is 0. The smallest absolute Gasteiger partial charge is 0.336 e. The molecule has 4 bridgehead atoms. The average Bonchev–Trinajstić information content (AvgIpc) is 2.77. The number of rotatable bonds is 4. The third-order valence-corrected chi connectivity index (χ3v) is 8.35. The Morgan fingerprint density at radius 2 is 1.62 bits per heavy atom. The highest BCUT2D eigenvalue weighted by Crippen LogP contribution is 2.62. The molecular weight excluding hydrogens is 400 g/mol. The van der Waals surface area contributed by atoms with Crippen molar-refractivity contribution < 1.29 is 19.7 Å². The molecular formula is C28H28O4. The van der Waals surface area contributed by atoms with Gasteiger partial charge in [0.05, 0.1) is 12.7 Å². The predicted molar refractivity (Wildman–Crippen MR) is 124 cm³/mol. The Kier molecular flexibility index (Phi) is 4.30. The average molecular weight is 429 g/mol. The van der Waals surface area contributed by atoms with Crippen LogP contribution in [-0.4, -0.2) is 23.3 Å². The van der Waals surface area contributed by atoms with Crippen LogP contribution in [0.15, 0.2) is 48.5 Å². The minimum Gasteiger partial charge on any atom is -0.504 e. The summed E-state index contributed by atoms with van der Waals surface area (Å²) in [7, 11) is 1.57. The number of hydrogen-bond donors (Lipinski definition) is 2. The molecule has 4 heteroatoms. The van der Waals surface area contributed by atoms with Crippen LogP contribution in [0.4, 0.5) is 0 Å². The number of fused-ring (bicyclic) bond motifs is 1. The molecule has 2 N–H and O–H groups in total. The monoisotopic (exact) mass is 428 g/mol. The van der Waals surface area contributed by atoms with Gasteiger partial charge in [-0.2, -0.15) is 0 Å². The van der Waals surface area contributed by atoms with Gasteiger partial charge in [-0.15, -0.1) is 0 Å². The fourth-order valence-corrected chi connectivity index (χ4v) is 7.51. The Morgan fingerprint density at radius 3 is 2.25 bits per heavy atom. The van der Waals surface area contributed by atoms with Crippen molar-refractivity contribution >= 4 is 16.7 Å².